The van der Waals surface area contributed by atoms with Crippen molar-refractivity contribution < 1.29 is 19.1 Å². The van der Waals surface area contributed by atoms with Crippen LogP contribution in [-0.2, 0) is 14.3 Å². The van der Waals surface area contributed by atoms with Crippen LogP contribution < -0.4 is 9.64 Å². The molecule has 1 fully saturated rings. The third kappa shape index (κ3) is 5.74. The van der Waals surface area contributed by atoms with E-state index < -0.39 is 5.97 Å². The van der Waals surface area contributed by atoms with Gasteiger partial charge in [-0.2, -0.15) is 0 Å². The summed E-state index contributed by atoms with van der Waals surface area (Å²) in [7, 11) is 1.59. The van der Waals surface area contributed by atoms with Crippen molar-refractivity contribution in [1.29, 1.82) is 0 Å². The van der Waals surface area contributed by atoms with E-state index in [2.05, 4.69) is 4.90 Å². The predicted molar refractivity (Wildman–Crippen MR) is 113 cm³/mol. The van der Waals surface area contributed by atoms with E-state index in [1.807, 2.05) is 36.4 Å². The molecule has 152 valence electrons. The van der Waals surface area contributed by atoms with E-state index in [1.165, 1.54) is 6.08 Å². The summed E-state index contributed by atoms with van der Waals surface area (Å²) in [6.07, 6.45) is 2.94. The molecule has 0 aliphatic carbocycles. The fraction of sp³-hybridized carbons (Fsp3) is 0.273. The quantitative estimate of drug-likeness (QED) is 0.536. The first-order chi connectivity index (χ1) is 14.1. The molecule has 1 amide bonds. The van der Waals surface area contributed by atoms with E-state index in [0.717, 1.165) is 17.0 Å². The van der Waals surface area contributed by atoms with Crippen molar-refractivity contribution in [2.75, 3.05) is 44.8 Å². The first kappa shape index (κ1) is 20.7. The number of carbonyl (C=O) groups excluding carboxylic acids is 2. The van der Waals surface area contributed by atoms with Gasteiger partial charge in [-0.15, -0.1) is 0 Å². The Labute approximate surface area is 175 Å². The highest BCUT2D eigenvalue weighted by Gasteiger charge is 2.22. The molecule has 0 radical (unpaired) electrons. The molecule has 6 nitrogen and oxygen atoms in total. The van der Waals surface area contributed by atoms with E-state index in [0.29, 0.717) is 31.2 Å². The summed E-state index contributed by atoms with van der Waals surface area (Å²) in [6.45, 7) is 2.21. The molecule has 0 atom stereocenters. The molecule has 1 aliphatic heterocycles. The summed E-state index contributed by atoms with van der Waals surface area (Å²) in [6, 6.07) is 14.9. The lowest BCUT2D eigenvalue weighted by Gasteiger charge is -2.36. The third-order valence-electron chi connectivity index (χ3n) is 4.69. The predicted octanol–water partition coefficient (Wildman–Crippen LogP) is 3.25. The van der Waals surface area contributed by atoms with Crippen LogP contribution in [-0.4, -0.2) is 56.7 Å². The number of hydrogen-bond donors (Lipinski definition) is 0. The molecule has 1 heterocycles. The number of amides is 1. The molecular formula is C22H23ClN2O4. The van der Waals surface area contributed by atoms with Crippen molar-refractivity contribution >= 4 is 35.2 Å². The second-order valence-electron chi connectivity index (χ2n) is 6.53. The number of ether oxygens (including phenoxy) is 2. The first-order valence-electron chi connectivity index (χ1n) is 9.33. The summed E-state index contributed by atoms with van der Waals surface area (Å²) in [5.41, 5.74) is 1.81. The average Bonchev–Trinajstić information content (AvgIpc) is 2.77. The first-order valence-corrected chi connectivity index (χ1v) is 9.71. The van der Waals surface area contributed by atoms with Gasteiger partial charge in [0.2, 0.25) is 0 Å². The van der Waals surface area contributed by atoms with Gasteiger partial charge in [-0.25, -0.2) is 4.79 Å². The maximum absolute atomic E-state index is 12.3. The lowest BCUT2D eigenvalue weighted by Crippen LogP contribution is -2.50. The Morgan fingerprint density at radius 3 is 2.38 bits per heavy atom. The van der Waals surface area contributed by atoms with E-state index in [1.54, 1.807) is 30.2 Å². The molecule has 1 aliphatic rings. The molecule has 0 spiro atoms. The van der Waals surface area contributed by atoms with Crippen molar-refractivity contribution in [2.24, 2.45) is 0 Å². The number of hydrogen-bond acceptors (Lipinski definition) is 5. The largest absolute Gasteiger partial charge is 0.497 e. The molecule has 29 heavy (non-hydrogen) atoms. The number of piperazine rings is 1. The lowest BCUT2D eigenvalue weighted by molar-refractivity contribution is -0.148. The Bertz CT molecular complexity index is 875. The number of rotatable bonds is 6. The van der Waals surface area contributed by atoms with Crippen molar-refractivity contribution in [3.8, 4) is 5.75 Å². The summed E-state index contributed by atoms with van der Waals surface area (Å²) >= 11 is 6.24. The van der Waals surface area contributed by atoms with Gasteiger partial charge in [0.05, 0.1) is 17.8 Å². The monoisotopic (exact) mass is 414 g/mol. The zero-order valence-corrected chi connectivity index (χ0v) is 17.0. The van der Waals surface area contributed by atoms with Crippen molar-refractivity contribution in [3.05, 3.63) is 65.2 Å². The van der Waals surface area contributed by atoms with Crippen LogP contribution in [0.3, 0.4) is 0 Å². The van der Waals surface area contributed by atoms with Gasteiger partial charge < -0.3 is 19.3 Å². The van der Waals surface area contributed by atoms with E-state index in [9.17, 15) is 9.59 Å². The van der Waals surface area contributed by atoms with Gasteiger partial charge in [-0.05, 0) is 35.9 Å². The van der Waals surface area contributed by atoms with E-state index in [4.69, 9.17) is 21.1 Å². The summed E-state index contributed by atoms with van der Waals surface area (Å²) in [4.78, 5) is 28.0. The highest BCUT2D eigenvalue weighted by atomic mass is 35.5. The van der Waals surface area contributed by atoms with Crippen LogP contribution in [0.15, 0.2) is 54.6 Å². The zero-order chi connectivity index (χ0) is 20.6. The summed E-state index contributed by atoms with van der Waals surface area (Å²) in [5, 5.41) is 0.699. The van der Waals surface area contributed by atoms with Gasteiger partial charge >= 0.3 is 5.97 Å². The second-order valence-corrected chi connectivity index (χ2v) is 6.94. The fourth-order valence-corrected chi connectivity index (χ4v) is 3.31. The minimum atomic E-state index is -0.552. The van der Waals surface area contributed by atoms with Crippen LogP contribution in [0.4, 0.5) is 5.69 Å². The molecule has 7 heteroatoms. The highest BCUT2D eigenvalue weighted by Crippen LogP contribution is 2.26. The van der Waals surface area contributed by atoms with Crippen molar-refractivity contribution in [2.45, 2.75) is 0 Å². The number of methoxy groups -OCH3 is 1. The van der Waals surface area contributed by atoms with Gasteiger partial charge in [-0.3, -0.25) is 4.79 Å². The Kier molecular flexibility index (Phi) is 7.14. The molecule has 0 saturated carbocycles. The summed E-state index contributed by atoms with van der Waals surface area (Å²) in [5.74, 6) is -0.0103. The number of benzene rings is 2. The number of halogens is 1. The van der Waals surface area contributed by atoms with Crippen LogP contribution in [0.5, 0.6) is 5.75 Å². The maximum Gasteiger partial charge on any atom is 0.331 e. The molecule has 0 N–H and O–H groups in total. The molecule has 1 saturated heterocycles. The number of carbonyl (C=O) groups is 2. The highest BCUT2D eigenvalue weighted by molar-refractivity contribution is 6.33. The van der Waals surface area contributed by atoms with Crippen LogP contribution in [0.25, 0.3) is 6.08 Å². The SMILES string of the molecule is COc1ccc(/C=C/C(=O)OCC(=O)N2CCN(c3ccccc3Cl)CC2)cc1. The number of nitrogens with zero attached hydrogens (tertiary/aromatic N) is 2. The molecular weight excluding hydrogens is 392 g/mol. The van der Waals surface area contributed by atoms with Gasteiger partial charge in [0.25, 0.3) is 5.91 Å². The minimum Gasteiger partial charge on any atom is -0.497 e. The standard InChI is InChI=1S/C22H23ClN2O4/c1-28-18-9-6-17(7-10-18)8-11-22(27)29-16-21(26)25-14-12-24(13-15-25)20-5-3-2-4-19(20)23/h2-11H,12-16H2,1H3/b11-8+. The van der Waals surface area contributed by atoms with Crippen LogP contribution in [0.1, 0.15) is 5.56 Å². The average molecular weight is 415 g/mol. The second kappa shape index (κ2) is 9.98. The molecule has 0 aromatic heterocycles. The Balaban J connectivity index is 1.43. The third-order valence-corrected chi connectivity index (χ3v) is 5.01. The Hall–Kier alpha value is -2.99. The smallest absolute Gasteiger partial charge is 0.331 e. The molecule has 0 bridgehead atoms. The summed E-state index contributed by atoms with van der Waals surface area (Å²) < 4.78 is 10.2. The van der Waals surface area contributed by atoms with Crippen molar-refractivity contribution in [3.63, 3.8) is 0 Å². The fourth-order valence-electron chi connectivity index (χ4n) is 3.06. The lowest BCUT2D eigenvalue weighted by atomic mass is 10.2. The number of para-hydroxylation sites is 1. The molecule has 2 aromatic carbocycles. The van der Waals surface area contributed by atoms with Crippen LogP contribution >= 0.6 is 11.6 Å². The van der Waals surface area contributed by atoms with Crippen molar-refractivity contribution in [1.82, 2.24) is 4.90 Å². The Morgan fingerprint density at radius 2 is 1.72 bits per heavy atom. The van der Waals surface area contributed by atoms with Gasteiger partial charge in [-0.1, -0.05) is 35.9 Å². The minimum absolute atomic E-state index is 0.199. The van der Waals surface area contributed by atoms with Gasteiger partial charge in [0.15, 0.2) is 6.61 Å². The molecule has 0 unspecified atom stereocenters. The van der Waals surface area contributed by atoms with E-state index >= 15 is 0 Å². The molecule has 2 aromatic rings. The zero-order valence-electron chi connectivity index (χ0n) is 16.2. The van der Waals surface area contributed by atoms with Gasteiger partial charge in [0, 0.05) is 32.3 Å². The Morgan fingerprint density at radius 1 is 1.03 bits per heavy atom. The maximum atomic E-state index is 12.3. The topological polar surface area (TPSA) is 59.1 Å². The van der Waals surface area contributed by atoms with Crippen LogP contribution in [0.2, 0.25) is 5.02 Å². The normalized spacial score (nSPS) is 14.1. The van der Waals surface area contributed by atoms with Crippen LogP contribution in [0, 0.1) is 0 Å². The molecule has 3 rings (SSSR count). The number of anilines is 1. The number of esters is 1. The van der Waals surface area contributed by atoms with E-state index in [-0.39, 0.29) is 12.5 Å². The van der Waals surface area contributed by atoms with Gasteiger partial charge in [0.1, 0.15) is 5.75 Å².